The summed E-state index contributed by atoms with van der Waals surface area (Å²) in [5, 5.41) is 3.47. The molecule has 0 radical (unpaired) electrons. The van der Waals surface area contributed by atoms with E-state index in [0.29, 0.717) is 35.5 Å². The molecule has 180 valence electrons. The van der Waals surface area contributed by atoms with Gasteiger partial charge >= 0.3 is 0 Å². The number of nitrogens with zero attached hydrogens (tertiary/aromatic N) is 2. The molecule has 2 aromatic heterocycles. The minimum Gasteiger partial charge on any atom is -0.380 e. The highest BCUT2D eigenvalue weighted by molar-refractivity contribution is 6.33. The second-order valence-electron chi connectivity index (χ2n) is 11.5. The number of hydrogen-bond donors (Lipinski definition) is 1. The van der Waals surface area contributed by atoms with E-state index in [1.807, 2.05) is 4.40 Å². The van der Waals surface area contributed by atoms with E-state index >= 15 is 0 Å². The summed E-state index contributed by atoms with van der Waals surface area (Å²) in [6, 6.07) is 1.91. The number of aromatic nitrogens is 2. The minimum atomic E-state index is -2.54. The van der Waals surface area contributed by atoms with Crippen LogP contribution >= 0.6 is 11.6 Å². The van der Waals surface area contributed by atoms with E-state index in [9.17, 15) is 13.6 Å². The zero-order valence-corrected chi connectivity index (χ0v) is 20.3. The number of imidazole rings is 1. The van der Waals surface area contributed by atoms with Gasteiger partial charge in [0.2, 0.25) is 5.92 Å². The molecule has 0 aromatic carbocycles. The lowest BCUT2D eigenvalue weighted by molar-refractivity contribution is -0.165. The SMILES string of the molecule is CC(C)(C)c1nc2cc(C(=O)NC3CC4(COC4)C3)c(Cl)cn2c1CC1CCC(F)(F)CC1. The molecule has 5 nitrogen and oxygen atoms in total. The summed E-state index contributed by atoms with van der Waals surface area (Å²) in [6.45, 7) is 7.87. The third-order valence-corrected chi connectivity index (χ3v) is 7.90. The molecule has 1 amide bonds. The Morgan fingerprint density at radius 1 is 1.27 bits per heavy atom. The van der Waals surface area contributed by atoms with Gasteiger partial charge in [-0.25, -0.2) is 13.8 Å². The fraction of sp³-hybridized carbons (Fsp3) is 0.680. The largest absolute Gasteiger partial charge is 0.380 e. The van der Waals surface area contributed by atoms with Gasteiger partial charge in [-0.3, -0.25) is 4.79 Å². The van der Waals surface area contributed by atoms with Gasteiger partial charge in [0.05, 0.1) is 29.5 Å². The van der Waals surface area contributed by atoms with Crippen LogP contribution in [0, 0.1) is 11.3 Å². The van der Waals surface area contributed by atoms with Gasteiger partial charge in [0, 0.05) is 41.6 Å². The first kappa shape index (κ1) is 23.0. The topological polar surface area (TPSA) is 55.6 Å². The Morgan fingerprint density at radius 3 is 2.52 bits per heavy atom. The van der Waals surface area contributed by atoms with Crippen LogP contribution in [0.2, 0.25) is 5.02 Å². The maximum Gasteiger partial charge on any atom is 0.253 e. The van der Waals surface area contributed by atoms with Crippen LogP contribution in [0.25, 0.3) is 5.65 Å². The standard InChI is InChI=1S/C25H32ClF2N3O2/c1-23(2,3)21-19(8-15-4-6-25(27,28)7-5-15)31-12-18(26)17(9-20(31)30-21)22(32)29-16-10-24(11-16)13-33-14-24/h9,12,15-16H,4-8,10-11,13-14H2,1-3H3,(H,29,32). The van der Waals surface area contributed by atoms with Crippen molar-refractivity contribution in [3.05, 3.63) is 34.2 Å². The van der Waals surface area contributed by atoms with Crippen molar-refractivity contribution in [2.45, 2.75) is 83.1 Å². The Hall–Kier alpha value is -1.73. The van der Waals surface area contributed by atoms with Gasteiger partial charge in [-0.05, 0) is 44.1 Å². The molecule has 2 saturated carbocycles. The van der Waals surface area contributed by atoms with Crippen LogP contribution in [0.3, 0.4) is 0 Å². The van der Waals surface area contributed by atoms with Crippen LogP contribution in [-0.2, 0) is 16.6 Å². The third kappa shape index (κ3) is 4.39. The average molecular weight is 480 g/mol. The molecule has 3 fully saturated rings. The maximum atomic E-state index is 13.7. The predicted octanol–water partition coefficient (Wildman–Crippen LogP) is 5.56. The molecule has 0 unspecified atom stereocenters. The normalized spacial score (nSPS) is 22.8. The second-order valence-corrected chi connectivity index (χ2v) is 11.9. The molecule has 3 heterocycles. The van der Waals surface area contributed by atoms with Crippen molar-refractivity contribution in [1.29, 1.82) is 0 Å². The number of ether oxygens (including phenoxy) is 1. The van der Waals surface area contributed by atoms with E-state index in [2.05, 4.69) is 26.1 Å². The van der Waals surface area contributed by atoms with Crippen LogP contribution in [0.4, 0.5) is 8.78 Å². The Morgan fingerprint density at radius 2 is 1.94 bits per heavy atom. The molecule has 0 atom stereocenters. The summed E-state index contributed by atoms with van der Waals surface area (Å²) in [7, 11) is 0. The van der Waals surface area contributed by atoms with Gasteiger partial charge in [-0.2, -0.15) is 0 Å². The number of pyridine rings is 1. The lowest BCUT2D eigenvalue weighted by Gasteiger charge is -2.53. The number of rotatable bonds is 4. The van der Waals surface area contributed by atoms with E-state index in [1.165, 1.54) is 0 Å². The van der Waals surface area contributed by atoms with E-state index in [-0.39, 0.29) is 41.5 Å². The lowest BCUT2D eigenvalue weighted by atomic mass is 9.64. The maximum absolute atomic E-state index is 13.7. The molecule has 3 aliphatic rings. The van der Waals surface area contributed by atoms with E-state index in [4.69, 9.17) is 21.3 Å². The van der Waals surface area contributed by atoms with Gasteiger partial charge in [-0.1, -0.05) is 32.4 Å². The molecule has 33 heavy (non-hydrogen) atoms. The van der Waals surface area contributed by atoms with Gasteiger partial charge in [0.25, 0.3) is 5.91 Å². The quantitative estimate of drug-likeness (QED) is 0.624. The predicted molar refractivity (Wildman–Crippen MR) is 123 cm³/mol. The van der Waals surface area contributed by atoms with Crippen LogP contribution in [0.15, 0.2) is 12.3 Å². The highest BCUT2D eigenvalue weighted by atomic mass is 35.5. The number of alkyl halides is 2. The molecular weight excluding hydrogens is 448 g/mol. The molecule has 0 bridgehead atoms. The number of halogens is 3. The molecule has 8 heteroatoms. The van der Waals surface area contributed by atoms with Crippen molar-refractivity contribution in [3.63, 3.8) is 0 Å². The van der Waals surface area contributed by atoms with Crippen LogP contribution < -0.4 is 5.32 Å². The Labute approximate surface area is 198 Å². The van der Waals surface area contributed by atoms with Crippen LogP contribution in [-0.4, -0.2) is 40.5 Å². The first-order valence-electron chi connectivity index (χ1n) is 11.9. The van der Waals surface area contributed by atoms with Gasteiger partial charge < -0.3 is 14.5 Å². The first-order valence-corrected chi connectivity index (χ1v) is 12.3. The zero-order chi connectivity index (χ0) is 23.6. The Balaban J connectivity index is 1.40. The fourth-order valence-corrected chi connectivity index (χ4v) is 5.87. The number of fused-ring (bicyclic) bond motifs is 1. The number of carbonyl (C=O) groups is 1. The highest BCUT2D eigenvalue weighted by Crippen LogP contribution is 2.47. The van der Waals surface area contributed by atoms with Crippen molar-refractivity contribution in [1.82, 2.24) is 14.7 Å². The van der Waals surface area contributed by atoms with Gasteiger partial charge in [0.1, 0.15) is 5.65 Å². The summed E-state index contributed by atoms with van der Waals surface area (Å²) < 4.78 is 34.6. The number of carbonyl (C=O) groups excluding carboxylic acids is 1. The zero-order valence-electron chi connectivity index (χ0n) is 19.5. The number of nitrogens with one attached hydrogen (secondary N) is 1. The van der Waals surface area contributed by atoms with Crippen molar-refractivity contribution in [2.75, 3.05) is 13.2 Å². The fourth-order valence-electron chi connectivity index (χ4n) is 5.64. The average Bonchev–Trinajstić information content (AvgIpc) is 3.01. The summed E-state index contributed by atoms with van der Waals surface area (Å²) in [4.78, 5) is 17.8. The van der Waals surface area contributed by atoms with Crippen LogP contribution in [0.1, 0.15) is 81.0 Å². The van der Waals surface area contributed by atoms with Crippen molar-refractivity contribution in [2.24, 2.45) is 11.3 Å². The molecule has 1 spiro atoms. The monoisotopic (exact) mass is 479 g/mol. The van der Waals surface area contributed by atoms with Crippen molar-refractivity contribution < 1.29 is 18.3 Å². The summed E-state index contributed by atoms with van der Waals surface area (Å²) >= 11 is 6.58. The molecular formula is C25H32ClF2N3O2. The molecule has 1 aliphatic heterocycles. The number of hydrogen-bond acceptors (Lipinski definition) is 3. The van der Waals surface area contributed by atoms with Crippen molar-refractivity contribution >= 4 is 23.2 Å². The summed E-state index contributed by atoms with van der Waals surface area (Å²) in [6.07, 6.45) is 5.23. The summed E-state index contributed by atoms with van der Waals surface area (Å²) in [5.74, 6) is -2.53. The molecule has 5 rings (SSSR count). The van der Waals surface area contributed by atoms with Gasteiger partial charge in [0.15, 0.2) is 0 Å². The molecule has 2 aromatic rings. The smallest absolute Gasteiger partial charge is 0.253 e. The molecule has 1 saturated heterocycles. The Bertz CT molecular complexity index is 1070. The van der Waals surface area contributed by atoms with E-state index in [1.54, 1.807) is 12.3 Å². The molecule has 1 N–H and O–H groups in total. The third-order valence-electron chi connectivity index (χ3n) is 7.59. The van der Waals surface area contributed by atoms with E-state index in [0.717, 1.165) is 37.4 Å². The summed E-state index contributed by atoms with van der Waals surface area (Å²) in [5.41, 5.74) is 3.08. The second kappa shape index (κ2) is 7.91. The van der Waals surface area contributed by atoms with E-state index < -0.39 is 5.92 Å². The van der Waals surface area contributed by atoms with Gasteiger partial charge in [-0.15, -0.1) is 0 Å². The molecule has 2 aliphatic carbocycles. The Kier molecular flexibility index (Phi) is 5.52. The minimum absolute atomic E-state index is 0.0566. The van der Waals surface area contributed by atoms with Crippen molar-refractivity contribution in [3.8, 4) is 0 Å². The highest BCUT2D eigenvalue weighted by Gasteiger charge is 2.50. The first-order chi connectivity index (χ1) is 15.4. The number of amides is 1. The van der Waals surface area contributed by atoms with Crippen LogP contribution in [0.5, 0.6) is 0 Å². The lowest BCUT2D eigenvalue weighted by Crippen LogP contribution is -2.59.